The fourth-order valence-electron chi connectivity index (χ4n) is 3.74. The van der Waals surface area contributed by atoms with E-state index in [2.05, 4.69) is 12.1 Å². The molecule has 0 radical (unpaired) electrons. The highest BCUT2D eigenvalue weighted by molar-refractivity contribution is 6.00. The van der Waals surface area contributed by atoms with Crippen molar-refractivity contribution in [3.05, 3.63) is 83.4 Å². The highest BCUT2D eigenvalue weighted by atomic mass is 16.7. The number of hydrogen-bond acceptors (Lipinski definition) is 5. The summed E-state index contributed by atoms with van der Waals surface area (Å²) in [7, 11) is 2.99. The van der Waals surface area contributed by atoms with Crippen molar-refractivity contribution in [3.8, 4) is 16.9 Å². The molecule has 4 rings (SSSR count). The van der Waals surface area contributed by atoms with E-state index in [1.165, 1.54) is 7.11 Å². The third-order valence-corrected chi connectivity index (χ3v) is 5.05. The van der Waals surface area contributed by atoms with Gasteiger partial charge in [0.2, 0.25) is 6.29 Å². The molecule has 0 saturated heterocycles. The molecule has 142 valence electrons. The van der Waals surface area contributed by atoms with Gasteiger partial charge in [-0.1, -0.05) is 48.5 Å². The van der Waals surface area contributed by atoms with Gasteiger partial charge in [0.15, 0.2) is 0 Å². The summed E-state index contributed by atoms with van der Waals surface area (Å²) in [4.78, 5) is 12.2. The van der Waals surface area contributed by atoms with Crippen LogP contribution in [-0.2, 0) is 9.47 Å². The quantitative estimate of drug-likeness (QED) is 0.546. The number of anilines is 1. The molecule has 1 aliphatic heterocycles. The van der Waals surface area contributed by atoms with E-state index in [0.29, 0.717) is 16.8 Å². The van der Waals surface area contributed by atoms with Crippen molar-refractivity contribution in [2.24, 2.45) is 0 Å². The molecule has 0 fully saturated rings. The van der Waals surface area contributed by atoms with Crippen molar-refractivity contribution >= 4 is 11.7 Å². The van der Waals surface area contributed by atoms with Gasteiger partial charge in [-0.3, -0.25) is 0 Å². The van der Waals surface area contributed by atoms with Gasteiger partial charge in [0, 0.05) is 23.9 Å². The molecule has 0 bridgehead atoms. The second-order valence-corrected chi connectivity index (χ2v) is 6.62. The summed E-state index contributed by atoms with van der Waals surface area (Å²) >= 11 is 0. The molecule has 1 aliphatic rings. The number of hydrogen-bond donors (Lipinski definition) is 1. The highest BCUT2D eigenvalue weighted by Gasteiger charge is 2.36. The SMILES string of the molecule is COC(=O)c1cccc(N)c1-c1ccc2c(c1)OC(OC)C2c1ccccc1. The predicted octanol–water partition coefficient (Wildman–Crippen LogP) is 4.22. The fraction of sp³-hybridized carbons (Fsp3) is 0.174. The minimum absolute atomic E-state index is 0.0246. The van der Waals surface area contributed by atoms with Gasteiger partial charge in [0.05, 0.1) is 18.6 Å². The Kier molecular flexibility index (Phi) is 4.75. The van der Waals surface area contributed by atoms with E-state index >= 15 is 0 Å². The van der Waals surface area contributed by atoms with E-state index in [1.807, 2.05) is 36.4 Å². The van der Waals surface area contributed by atoms with Gasteiger partial charge in [0.1, 0.15) is 5.75 Å². The van der Waals surface area contributed by atoms with Crippen molar-refractivity contribution in [1.82, 2.24) is 0 Å². The number of carbonyl (C=O) groups is 1. The summed E-state index contributed by atoms with van der Waals surface area (Å²) in [6, 6.07) is 21.2. The Bertz CT molecular complexity index is 1020. The Hall–Kier alpha value is -3.31. The third-order valence-electron chi connectivity index (χ3n) is 5.05. The van der Waals surface area contributed by atoms with Gasteiger partial charge < -0.3 is 19.9 Å². The molecule has 0 amide bonds. The number of nitrogens with two attached hydrogens (primary N) is 1. The molecule has 2 atom stereocenters. The van der Waals surface area contributed by atoms with Crippen LogP contribution >= 0.6 is 0 Å². The first kappa shape index (κ1) is 18.1. The van der Waals surface area contributed by atoms with Gasteiger partial charge >= 0.3 is 5.97 Å². The zero-order chi connectivity index (χ0) is 19.7. The topological polar surface area (TPSA) is 70.8 Å². The summed E-state index contributed by atoms with van der Waals surface area (Å²) in [5, 5.41) is 0. The van der Waals surface area contributed by atoms with E-state index in [-0.39, 0.29) is 5.92 Å². The van der Waals surface area contributed by atoms with Gasteiger partial charge in [-0.25, -0.2) is 4.79 Å². The lowest BCUT2D eigenvalue weighted by atomic mass is 9.90. The van der Waals surface area contributed by atoms with Crippen LogP contribution in [0.4, 0.5) is 5.69 Å². The Labute approximate surface area is 163 Å². The predicted molar refractivity (Wildman–Crippen MR) is 107 cm³/mol. The number of carbonyl (C=O) groups excluding carboxylic acids is 1. The summed E-state index contributed by atoms with van der Waals surface area (Å²) in [6.45, 7) is 0. The lowest BCUT2D eigenvalue weighted by Crippen LogP contribution is -2.21. The lowest BCUT2D eigenvalue weighted by molar-refractivity contribution is -0.0470. The molecular weight excluding hydrogens is 354 g/mol. The molecule has 0 saturated carbocycles. The second-order valence-electron chi connectivity index (χ2n) is 6.62. The second kappa shape index (κ2) is 7.37. The summed E-state index contributed by atoms with van der Waals surface area (Å²) in [6.07, 6.45) is -0.416. The van der Waals surface area contributed by atoms with Crippen molar-refractivity contribution < 1.29 is 19.0 Å². The van der Waals surface area contributed by atoms with E-state index < -0.39 is 12.3 Å². The number of rotatable bonds is 4. The molecular formula is C23H21NO4. The van der Waals surface area contributed by atoms with E-state index in [1.54, 1.807) is 25.3 Å². The maximum Gasteiger partial charge on any atom is 0.338 e. The Morgan fingerprint density at radius 1 is 1.00 bits per heavy atom. The van der Waals surface area contributed by atoms with Crippen LogP contribution in [0.25, 0.3) is 11.1 Å². The minimum Gasteiger partial charge on any atom is -0.465 e. The van der Waals surface area contributed by atoms with Crippen molar-refractivity contribution in [1.29, 1.82) is 0 Å². The lowest BCUT2D eigenvalue weighted by Gasteiger charge is -2.17. The van der Waals surface area contributed by atoms with Gasteiger partial charge in [-0.05, 0) is 29.3 Å². The van der Waals surface area contributed by atoms with Crippen molar-refractivity contribution in [2.75, 3.05) is 20.0 Å². The average molecular weight is 375 g/mol. The molecule has 2 N–H and O–H groups in total. The van der Waals surface area contributed by atoms with E-state index in [0.717, 1.165) is 22.4 Å². The van der Waals surface area contributed by atoms with Crippen molar-refractivity contribution in [2.45, 2.75) is 12.2 Å². The fourth-order valence-corrected chi connectivity index (χ4v) is 3.74. The number of benzene rings is 3. The molecule has 5 heteroatoms. The smallest absolute Gasteiger partial charge is 0.338 e. The molecule has 3 aromatic rings. The monoisotopic (exact) mass is 375 g/mol. The van der Waals surface area contributed by atoms with Gasteiger partial charge in [-0.15, -0.1) is 0 Å². The van der Waals surface area contributed by atoms with E-state index in [4.69, 9.17) is 19.9 Å². The van der Waals surface area contributed by atoms with Gasteiger partial charge in [-0.2, -0.15) is 0 Å². The summed E-state index contributed by atoms with van der Waals surface area (Å²) in [5.41, 5.74) is 10.7. The normalized spacial score (nSPS) is 17.6. The minimum atomic E-state index is -0.430. The first-order chi connectivity index (χ1) is 13.6. The Morgan fingerprint density at radius 2 is 1.79 bits per heavy atom. The molecule has 0 spiro atoms. The number of nitrogen functional groups attached to an aromatic ring is 1. The molecule has 0 aromatic heterocycles. The van der Waals surface area contributed by atoms with Gasteiger partial charge in [0.25, 0.3) is 0 Å². The highest BCUT2D eigenvalue weighted by Crippen LogP contribution is 2.45. The summed E-state index contributed by atoms with van der Waals surface area (Å²) in [5.74, 6) is 0.265. The first-order valence-corrected chi connectivity index (χ1v) is 8.99. The van der Waals surface area contributed by atoms with Crippen LogP contribution < -0.4 is 10.5 Å². The summed E-state index contributed by atoms with van der Waals surface area (Å²) < 4.78 is 16.6. The largest absolute Gasteiger partial charge is 0.465 e. The van der Waals surface area contributed by atoms with Crippen LogP contribution in [0, 0.1) is 0 Å². The number of fused-ring (bicyclic) bond motifs is 1. The molecule has 28 heavy (non-hydrogen) atoms. The molecule has 1 heterocycles. The van der Waals surface area contributed by atoms with Crippen LogP contribution in [0.3, 0.4) is 0 Å². The van der Waals surface area contributed by atoms with Crippen molar-refractivity contribution in [3.63, 3.8) is 0 Å². The molecule has 5 nitrogen and oxygen atoms in total. The maximum absolute atomic E-state index is 12.2. The maximum atomic E-state index is 12.2. The standard InChI is InChI=1S/C23H21NO4/c1-26-22(25)17-9-6-10-18(24)20(17)15-11-12-16-19(13-15)28-23(27-2)21(16)14-7-4-3-5-8-14/h3-13,21,23H,24H2,1-2H3. The molecule has 2 unspecified atom stereocenters. The molecule has 0 aliphatic carbocycles. The van der Waals surface area contributed by atoms with Crippen LogP contribution in [-0.4, -0.2) is 26.5 Å². The Morgan fingerprint density at radius 3 is 2.50 bits per heavy atom. The number of methoxy groups -OCH3 is 2. The van der Waals surface area contributed by atoms with Crippen LogP contribution in [0.15, 0.2) is 66.7 Å². The zero-order valence-electron chi connectivity index (χ0n) is 15.7. The van der Waals surface area contributed by atoms with E-state index in [9.17, 15) is 4.79 Å². The van der Waals surface area contributed by atoms with Crippen LogP contribution in [0.1, 0.15) is 27.4 Å². The number of esters is 1. The first-order valence-electron chi connectivity index (χ1n) is 8.99. The Balaban J connectivity index is 1.81. The number of ether oxygens (including phenoxy) is 3. The van der Waals surface area contributed by atoms with Crippen LogP contribution in [0.2, 0.25) is 0 Å². The third kappa shape index (κ3) is 3.00. The molecule has 3 aromatic carbocycles. The van der Waals surface area contributed by atoms with Crippen LogP contribution in [0.5, 0.6) is 5.75 Å². The zero-order valence-corrected chi connectivity index (χ0v) is 15.7. The average Bonchev–Trinajstić information content (AvgIpc) is 3.11.